The number of piperidine rings is 1. The number of fused-ring (bicyclic) bond motifs is 2. The number of aryl methyl sites for hydroxylation is 2. The van der Waals surface area contributed by atoms with E-state index >= 15 is 0 Å². The van der Waals surface area contributed by atoms with Gasteiger partial charge in [-0.05, 0) is 73.7 Å². The van der Waals surface area contributed by atoms with E-state index in [1.165, 1.54) is 33.5 Å². The molecule has 9 nitrogen and oxygen atoms in total. The third-order valence-corrected chi connectivity index (χ3v) is 6.20. The van der Waals surface area contributed by atoms with Gasteiger partial charge in [0, 0.05) is 41.6 Å². The molecule has 0 atom stereocenters. The number of carboxylic acid groups (broad SMARTS) is 3. The van der Waals surface area contributed by atoms with Gasteiger partial charge in [0.25, 0.3) is 0 Å². The minimum absolute atomic E-state index is 0. The molecule has 2 heterocycles. The van der Waals surface area contributed by atoms with Gasteiger partial charge in [0.2, 0.25) is 0 Å². The van der Waals surface area contributed by atoms with E-state index in [-0.39, 0.29) is 59.1 Å². The summed E-state index contributed by atoms with van der Waals surface area (Å²) in [6, 6.07) is 10.6. The number of hydrogen-bond acceptors (Lipinski definition) is 8. The van der Waals surface area contributed by atoms with Crippen molar-refractivity contribution in [1.82, 2.24) is 10.3 Å². The Bertz CT molecular complexity index is 1150. The minimum atomic E-state index is -2.86. The maximum atomic E-state index is 10.3. The number of aliphatic carboxylic acids is 3. The molecule has 1 aliphatic carbocycles. The number of carbonyl (C=O) groups excluding carboxylic acids is 2. The zero-order valence-corrected chi connectivity index (χ0v) is 25.6. The monoisotopic (exact) mass is 546 g/mol. The first kappa shape index (κ1) is 33.8. The summed E-state index contributed by atoms with van der Waals surface area (Å²) >= 11 is 6.23. The van der Waals surface area contributed by atoms with Gasteiger partial charge < -0.3 is 35.3 Å². The van der Waals surface area contributed by atoms with Crippen LogP contribution in [-0.4, -0.2) is 51.8 Å². The summed E-state index contributed by atoms with van der Waals surface area (Å²) in [6.45, 7) is 2.12. The van der Waals surface area contributed by atoms with Gasteiger partial charge in [-0.15, -0.1) is 0 Å². The molecular weight excluding hydrogens is 522 g/mol. The van der Waals surface area contributed by atoms with Crippen LogP contribution in [0.5, 0.6) is 0 Å². The number of benzene rings is 1. The third-order valence-electron chi connectivity index (χ3n) is 5.96. The van der Waals surface area contributed by atoms with Crippen molar-refractivity contribution >= 4 is 35.1 Å². The molecule has 1 fully saturated rings. The van der Waals surface area contributed by atoms with Crippen LogP contribution in [0.1, 0.15) is 48.1 Å². The van der Waals surface area contributed by atoms with Crippen molar-refractivity contribution in [2.24, 2.45) is 0 Å². The Balaban J connectivity index is 0.000000401. The normalized spacial score (nSPS) is 14.3. The molecule has 1 aliphatic heterocycles. The predicted molar refractivity (Wildman–Crippen MR) is 123 cm³/mol. The van der Waals surface area contributed by atoms with Gasteiger partial charge in [0.05, 0.1) is 5.69 Å². The van der Waals surface area contributed by atoms with Crippen LogP contribution >= 0.6 is 11.6 Å². The fourth-order valence-corrected chi connectivity index (χ4v) is 4.50. The molecule has 0 bridgehead atoms. The quantitative estimate of drug-likeness (QED) is 0.310. The van der Waals surface area contributed by atoms with Crippen LogP contribution < -0.4 is 74.6 Å². The van der Waals surface area contributed by atoms with Gasteiger partial charge in [-0.3, -0.25) is 4.98 Å². The zero-order chi connectivity index (χ0) is 25.6. The number of nitrogens with one attached hydrogen (secondary N) is 1. The number of aliphatic hydroxyl groups is 1. The number of carbonyl (C=O) groups is 3. The Morgan fingerprint density at radius 2 is 1.57 bits per heavy atom. The Morgan fingerprint density at radius 1 is 0.973 bits per heavy atom. The molecule has 1 aromatic heterocycles. The molecule has 0 amide bonds. The summed E-state index contributed by atoms with van der Waals surface area (Å²) in [5.41, 5.74) is 5.25. The predicted octanol–water partition coefficient (Wildman–Crippen LogP) is -5.89. The molecule has 0 radical (unpaired) electrons. The number of hydrogen-bond donors (Lipinski definition) is 3. The maximum absolute atomic E-state index is 10.3. The van der Waals surface area contributed by atoms with E-state index in [1.54, 1.807) is 0 Å². The molecule has 0 spiro atoms. The molecule has 0 unspecified atom stereocenters. The van der Waals surface area contributed by atoms with Crippen LogP contribution in [0.15, 0.2) is 42.1 Å². The maximum Gasteiger partial charge on any atom is 1.00 e. The Hall–Kier alpha value is -1.27. The molecule has 186 valence electrons. The van der Waals surface area contributed by atoms with Gasteiger partial charge >= 0.3 is 65.1 Å². The number of rotatable bonds is 5. The van der Waals surface area contributed by atoms with E-state index in [9.17, 15) is 24.6 Å². The molecule has 1 saturated heterocycles. The number of halogens is 1. The van der Waals surface area contributed by atoms with Gasteiger partial charge in [0.1, 0.15) is 0 Å². The summed E-state index contributed by atoms with van der Waals surface area (Å²) in [4.78, 5) is 34.9. The smallest absolute Gasteiger partial charge is 0.550 e. The minimum Gasteiger partial charge on any atom is -0.550 e. The van der Waals surface area contributed by atoms with E-state index in [0.717, 1.165) is 43.8 Å². The molecule has 2 aromatic rings. The molecule has 0 saturated carbocycles. The van der Waals surface area contributed by atoms with Crippen LogP contribution in [-0.2, 0) is 27.2 Å². The first-order valence-electron chi connectivity index (χ1n) is 11.1. The number of aromatic nitrogens is 1. The van der Waals surface area contributed by atoms with Gasteiger partial charge in [-0.1, -0.05) is 29.3 Å². The second-order valence-corrected chi connectivity index (χ2v) is 8.91. The van der Waals surface area contributed by atoms with Crippen LogP contribution in [0.4, 0.5) is 0 Å². The topological polar surface area (TPSA) is 163 Å². The van der Waals surface area contributed by atoms with E-state index in [4.69, 9.17) is 26.8 Å². The van der Waals surface area contributed by atoms with Gasteiger partial charge in [-0.25, -0.2) is 4.79 Å². The van der Waals surface area contributed by atoms with Crippen molar-refractivity contribution in [3.63, 3.8) is 0 Å². The Kier molecular flexibility index (Phi) is 14.0. The van der Waals surface area contributed by atoms with Crippen LogP contribution in [0.3, 0.4) is 0 Å². The first-order valence-corrected chi connectivity index (χ1v) is 11.5. The SMILES string of the molecule is Clc1ccc2c(c1)CCc1cccnc1C2=C1CCNCC1.O=C([O-])CC(O)(CC(=O)[O-])C(=O)O.[Na+].[Na+]. The fourth-order valence-electron chi connectivity index (χ4n) is 4.30. The standard InChI is InChI=1S/C19H19ClN2.C6H8O7.2Na/c20-16-5-6-17-15(12-16)4-3-14-2-1-9-22-19(14)18(17)13-7-10-21-11-8-13;7-3(8)1-6(13,5(11)12)2-4(9)10;;/h1-2,5-6,9,12,21H,3-4,7-8,10-11H2;13H,1-2H2,(H,7,8)(H,9,10)(H,11,12);;/q;;2*+1/p-2. The zero-order valence-electron chi connectivity index (χ0n) is 20.9. The van der Waals surface area contributed by atoms with Gasteiger partial charge in [0.15, 0.2) is 5.60 Å². The summed E-state index contributed by atoms with van der Waals surface area (Å²) in [5.74, 6) is -5.65. The Morgan fingerprint density at radius 3 is 2.14 bits per heavy atom. The van der Waals surface area contributed by atoms with Crippen molar-refractivity contribution in [2.45, 2.75) is 44.1 Å². The van der Waals surface area contributed by atoms with Crippen molar-refractivity contribution < 1.29 is 93.9 Å². The number of pyridine rings is 1. The second kappa shape index (κ2) is 15.4. The molecule has 3 N–H and O–H groups in total. The van der Waals surface area contributed by atoms with Crippen LogP contribution in [0.2, 0.25) is 5.02 Å². The fraction of sp³-hybridized carbons (Fsp3) is 0.360. The van der Waals surface area contributed by atoms with Gasteiger partial charge in [-0.2, -0.15) is 0 Å². The van der Waals surface area contributed by atoms with E-state index in [1.807, 2.05) is 18.3 Å². The van der Waals surface area contributed by atoms with Crippen molar-refractivity contribution in [1.29, 1.82) is 0 Å². The summed E-state index contributed by atoms with van der Waals surface area (Å²) in [7, 11) is 0. The van der Waals surface area contributed by atoms with Crippen LogP contribution in [0.25, 0.3) is 5.57 Å². The van der Waals surface area contributed by atoms with E-state index < -0.39 is 36.4 Å². The molecule has 37 heavy (non-hydrogen) atoms. The third kappa shape index (κ3) is 9.16. The molecule has 12 heteroatoms. The summed E-state index contributed by atoms with van der Waals surface area (Å²) in [6.07, 6.45) is 3.60. The van der Waals surface area contributed by atoms with E-state index in [2.05, 4.69) is 23.5 Å². The van der Waals surface area contributed by atoms with Crippen LogP contribution in [0, 0.1) is 0 Å². The second-order valence-electron chi connectivity index (χ2n) is 8.48. The molecule has 2 aliphatic rings. The number of carboxylic acids is 3. The van der Waals surface area contributed by atoms with Crippen molar-refractivity contribution in [3.8, 4) is 0 Å². The number of nitrogens with zero attached hydrogens (tertiary/aromatic N) is 1. The average Bonchev–Trinajstić information content (AvgIpc) is 2.95. The van der Waals surface area contributed by atoms with E-state index in [0.29, 0.717) is 0 Å². The Labute approximate surface area is 263 Å². The largest absolute Gasteiger partial charge is 1.00 e. The van der Waals surface area contributed by atoms with Crippen molar-refractivity contribution in [3.05, 3.63) is 69.5 Å². The van der Waals surface area contributed by atoms with Crippen molar-refractivity contribution in [2.75, 3.05) is 13.1 Å². The summed E-state index contributed by atoms with van der Waals surface area (Å²) in [5, 5.41) is 41.5. The molecular formula is C25H25ClN2Na2O7. The first-order chi connectivity index (χ1) is 16.6. The molecule has 1 aromatic carbocycles. The summed E-state index contributed by atoms with van der Waals surface area (Å²) < 4.78 is 0. The molecule has 4 rings (SSSR count). The average molecular weight is 547 g/mol.